The summed E-state index contributed by atoms with van der Waals surface area (Å²) in [5.41, 5.74) is 2.56. The summed E-state index contributed by atoms with van der Waals surface area (Å²) < 4.78 is 0. The Hall–Kier alpha value is -1.92. The molecule has 0 aliphatic heterocycles. The molecule has 0 fully saturated rings. The van der Waals surface area contributed by atoms with Gasteiger partial charge in [0.1, 0.15) is 5.54 Å². The number of hydroxylamine groups is 1. The molecule has 4 N–H and O–H groups in total. The van der Waals surface area contributed by atoms with E-state index >= 15 is 0 Å². The van der Waals surface area contributed by atoms with Gasteiger partial charge < -0.3 is 5.11 Å². The lowest BCUT2D eigenvalue weighted by Gasteiger charge is -2.21. The lowest BCUT2D eigenvalue weighted by Crippen LogP contribution is -2.46. The first-order chi connectivity index (χ1) is 9.35. The first kappa shape index (κ1) is 16.1. The summed E-state index contributed by atoms with van der Waals surface area (Å²) in [6.07, 6.45) is 0.765. The van der Waals surface area contributed by atoms with Crippen LogP contribution in [-0.4, -0.2) is 27.7 Å². The number of carbonyl (C=O) groups excluding carboxylic acids is 1. The van der Waals surface area contributed by atoms with Gasteiger partial charge in [0.2, 0.25) is 5.91 Å². The fourth-order valence-corrected chi connectivity index (χ4v) is 1.54. The highest BCUT2D eigenvalue weighted by molar-refractivity contribution is 5.77. The van der Waals surface area contributed by atoms with E-state index in [1.54, 1.807) is 19.3 Å². The van der Waals surface area contributed by atoms with Gasteiger partial charge >= 0.3 is 5.97 Å². The summed E-state index contributed by atoms with van der Waals surface area (Å²) in [4.78, 5) is 21.9. The number of rotatable bonds is 7. The van der Waals surface area contributed by atoms with Crippen molar-refractivity contribution in [1.82, 2.24) is 10.8 Å². The van der Waals surface area contributed by atoms with Crippen LogP contribution in [0.3, 0.4) is 0 Å². The molecule has 0 aromatic heterocycles. The Balaban J connectivity index is 2.50. The van der Waals surface area contributed by atoms with E-state index in [1.165, 1.54) is 0 Å². The van der Waals surface area contributed by atoms with Gasteiger partial charge in [0.25, 0.3) is 0 Å². The highest BCUT2D eigenvalue weighted by atomic mass is 16.5. The van der Waals surface area contributed by atoms with E-state index in [9.17, 15) is 9.59 Å². The zero-order valence-electron chi connectivity index (χ0n) is 11.6. The second kappa shape index (κ2) is 7.02. The first-order valence-electron chi connectivity index (χ1n) is 6.34. The molecule has 110 valence electrons. The topological polar surface area (TPSA) is 98.7 Å². The molecular weight excluding hydrogens is 260 g/mol. The van der Waals surface area contributed by atoms with E-state index in [0.717, 1.165) is 11.1 Å². The number of aryl methyl sites for hydroxylation is 1. The van der Waals surface area contributed by atoms with Gasteiger partial charge in [-0.1, -0.05) is 24.3 Å². The molecule has 1 rings (SSSR count). The lowest BCUT2D eigenvalue weighted by atomic mass is 10.0. The molecule has 0 bridgehead atoms. The number of aliphatic carboxylic acids is 1. The van der Waals surface area contributed by atoms with E-state index < -0.39 is 17.4 Å². The third-order valence-corrected chi connectivity index (χ3v) is 3.06. The molecule has 6 nitrogen and oxygen atoms in total. The average molecular weight is 280 g/mol. The number of hydrogen-bond donors (Lipinski definition) is 4. The molecule has 0 aliphatic carbocycles. The van der Waals surface area contributed by atoms with Gasteiger partial charge in [0, 0.05) is 13.0 Å². The van der Waals surface area contributed by atoms with Crippen LogP contribution in [0.4, 0.5) is 0 Å². The fraction of sp³-hybridized carbons (Fsp3) is 0.429. The van der Waals surface area contributed by atoms with E-state index in [2.05, 4.69) is 5.32 Å². The second-order valence-corrected chi connectivity index (χ2v) is 5.14. The molecule has 0 saturated heterocycles. The highest BCUT2D eigenvalue weighted by Crippen LogP contribution is 2.09. The van der Waals surface area contributed by atoms with Crippen LogP contribution in [0.25, 0.3) is 0 Å². The SMILES string of the molecule is CC(C)(NCc1ccc(CCC(=O)NO)cc1)C(=O)O. The van der Waals surface area contributed by atoms with E-state index in [4.69, 9.17) is 10.3 Å². The smallest absolute Gasteiger partial charge is 0.323 e. The molecule has 0 spiro atoms. The Morgan fingerprint density at radius 3 is 2.20 bits per heavy atom. The van der Waals surface area contributed by atoms with Gasteiger partial charge in [-0.3, -0.25) is 20.1 Å². The summed E-state index contributed by atoms with van der Waals surface area (Å²) in [5, 5.41) is 20.3. The fourth-order valence-electron chi connectivity index (χ4n) is 1.54. The summed E-state index contributed by atoms with van der Waals surface area (Å²) in [7, 11) is 0. The number of carbonyl (C=O) groups is 2. The predicted octanol–water partition coefficient (Wildman–Crippen LogP) is 1.08. The third-order valence-electron chi connectivity index (χ3n) is 3.06. The molecule has 1 aromatic carbocycles. The van der Waals surface area contributed by atoms with Crippen LogP contribution in [0.5, 0.6) is 0 Å². The zero-order valence-corrected chi connectivity index (χ0v) is 11.6. The molecule has 0 atom stereocenters. The minimum absolute atomic E-state index is 0.222. The third kappa shape index (κ3) is 4.99. The Labute approximate surface area is 117 Å². The largest absolute Gasteiger partial charge is 0.480 e. The minimum Gasteiger partial charge on any atom is -0.480 e. The lowest BCUT2D eigenvalue weighted by molar-refractivity contribution is -0.143. The molecule has 1 aromatic rings. The van der Waals surface area contributed by atoms with Crippen LogP contribution in [0.2, 0.25) is 0 Å². The van der Waals surface area contributed by atoms with Gasteiger partial charge in [-0.15, -0.1) is 0 Å². The zero-order chi connectivity index (χ0) is 15.2. The summed E-state index contributed by atoms with van der Waals surface area (Å²) in [5.74, 6) is -1.32. The van der Waals surface area contributed by atoms with Crippen molar-refractivity contribution in [3.63, 3.8) is 0 Å². The van der Waals surface area contributed by atoms with E-state index in [0.29, 0.717) is 13.0 Å². The van der Waals surface area contributed by atoms with Gasteiger partial charge in [0.05, 0.1) is 0 Å². The van der Waals surface area contributed by atoms with Crippen molar-refractivity contribution in [3.8, 4) is 0 Å². The van der Waals surface area contributed by atoms with Crippen molar-refractivity contribution >= 4 is 11.9 Å². The van der Waals surface area contributed by atoms with Crippen LogP contribution < -0.4 is 10.8 Å². The molecular formula is C14H20N2O4. The maximum absolute atomic E-state index is 11.0. The Morgan fingerprint density at radius 2 is 1.70 bits per heavy atom. The van der Waals surface area contributed by atoms with Crippen LogP contribution >= 0.6 is 0 Å². The molecule has 0 aliphatic rings. The number of benzene rings is 1. The normalized spacial score (nSPS) is 11.2. The van der Waals surface area contributed by atoms with E-state index in [-0.39, 0.29) is 6.42 Å². The first-order valence-corrected chi connectivity index (χ1v) is 6.34. The van der Waals surface area contributed by atoms with Crippen molar-refractivity contribution in [3.05, 3.63) is 35.4 Å². The Kier molecular flexibility index (Phi) is 5.66. The summed E-state index contributed by atoms with van der Waals surface area (Å²) >= 11 is 0. The summed E-state index contributed by atoms with van der Waals surface area (Å²) in [6, 6.07) is 7.54. The van der Waals surface area contributed by atoms with Gasteiger partial charge in [0.15, 0.2) is 0 Å². The molecule has 20 heavy (non-hydrogen) atoms. The number of carboxylic acids is 1. The molecule has 0 unspecified atom stereocenters. The Morgan fingerprint density at radius 1 is 1.15 bits per heavy atom. The van der Waals surface area contributed by atoms with Gasteiger partial charge in [-0.25, -0.2) is 5.48 Å². The highest BCUT2D eigenvalue weighted by Gasteiger charge is 2.25. The average Bonchev–Trinajstić information content (AvgIpc) is 2.43. The van der Waals surface area contributed by atoms with E-state index in [1.807, 2.05) is 24.3 Å². The van der Waals surface area contributed by atoms with Gasteiger partial charge in [-0.05, 0) is 31.4 Å². The number of nitrogens with one attached hydrogen (secondary N) is 2. The molecule has 1 amide bonds. The number of carboxylic acid groups (broad SMARTS) is 1. The minimum atomic E-state index is -0.974. The monoisotopic (exact) mass is 280 g/mol. The van der Waals surface area contributed by atoms with Crippen LogP contribution in [0.15, 0.2) is 24.3 Å². The van der Waals surface area contributed by atoms with Crippen LogP contribution in [0.1, 0.15) is 31.4 Å². The van der Waals surface area contributed by atoms with Crippen molar-refractivity contribution in [2.45, 2.75) is 38.8 Å². The molecule has 6 heteroatoms. The Bertz CT molecular complexity index is 469. The van der Waals surface area contributed by atoms with Crippen molar-refractivity contribution < 1.29 is 19.9 Å². The standard InChI is InChI=1S/C14H20N2O4/c1-14(2,13(18)19)15-9-11-5-3-10(4-6-11)7-8-12(17)16-20/h3-6,15,20H,7-9H2,1-2H3,(H,16,17)(H,18,19). The molecule has 0 radical (unpaired) electrons. The van der Waals surface area contributed by atoms with Crippen molar-refractivity contribution in [2.75, 3.05) is 0 Å². The number of hydrogen-bond acceptors (Lipinski definition) is 4. The van der Waals surface area contributed by atoms with Gasteiger partial charge in [-0.2, -0.15) is 0 Å². The second-order valence-electron chi connectivity index (χ2n) is 5.14. The number of amides is 1. The van der Waals surface area contributed by atoms with Crippen molar-refractivity contribution in [2.24, 2.45) is 0 Å². The maximum Gasteiger partial charge on any atom is 0.323 e. The quantitative estimate of drug-likeness (QED) is 0.442. The summed E-state index contributed by atoms with van der Waals surface area (Å²) in [6.45, 7) is 3.67. The van der Waals surface area contributed by atoms with Crippen LogP contribution in [-0.2, 0) is 22.6 Å². The van der Waals surface area contributed by atoms with Crippen molar-refractivity contribution in [1.29, 1.82) is 0 Å². The molecule has 0 saturated carbocycles. The molecule has 0 heterocycles. The maximum atomic E-state index is 11.0. The predicted molar refractivity (Wildman–Crippen MR) is 73.2 cm³/mol. The van der Waals surface area contributed by atoms with Crippen LogP contribution in [0, 0.1) is 0 Å².